The van der Waals surface area contributed by atoms with E-state index in [1.165, 1.54) is 12.1 Å². The Balaban J connectivity index is 1.62. The van der Waals surface area contributed by atoms with Gasteiger partial charge in [0.25, 0.3) is 10.1 Å². The monoisotopic (exact) mass is 979 g/mol. The van der Waals surface area contributed by atoms with Crippen LogP contribution >= 0.6 is 0 Å². The molecule has 0 N–H and O–H groups in total. The number of benzene rings is 1. The lowest BCUT2D eigenvalue weighted by Gasteiger charge is -2.09. The van der Waals surface area contributed by atoms with Crippen molar-refractivity contribution in [3.63, 3.8) is 0 Å². The van der Waals surface area contributed by atoms with E-state index in [0.717, 1.165) is 5.56 Å². The lowest BCUT2D eigenvalue weighted by atomic mass is 10.2. The zero-order valence-electron chi connectivity index (χ0n) is 39.7. The van der Waals surface area contributed by atoms with Gasteiger partial charge in [-0.15, -0.1) is 0 Å². The van der Waals surface area contributed by atoms with Crippen LogP contribution in [0.15, 0.2) is 29.2 Å². The summed E-state index contributed by atoms with van der Waals surface area (Å²) in [6.07, 6.45) is 0. The first kappa shape index (κ1) is 62.4. The zero-order valence-corrected chi connectivity index (χ0v) is 40.6. The van der Waals surface area contributed by atoms with E-state index in [1.54, 1.807) is 19.2 Å². The molecule has 0 fully saturated rings. The lowest BCUT2D eigenvalue weighted by Crippen LogP contribution is -2.16. The van der Waals surface area contributed by atoms with Crippen LogP contribution in [0.4, 0.5) is 0 Å². The minimum Gasteiger partial charge on any atom is -0.382 e. The van der Waals surface area contributed by atoms with Crippen molar-refractivity contribution in [2.75, 3.05) is 245 Å². The second-order valence-electron chi connectivity index (χ2n) is 13.5. The molecule has 66 heavy (non-hydrogen) atoms. The summed E-state index contributed by atoms with van der Waals surface area (Å²) in [6, 6.07) is 6.47. The summed E-state index contributed by atoms with van der Waals surface area (Å²) in [6.45, 7) is 18.4. The molecule has 1 aromatic carbocycles. The van der Waals surface area contributed by atoms with Gasteiger partial charge in [-0.25, -0.2) is 0 Å². The van der Waals surface area contributed by atoms with Crippen molar-refractivity contribution in [3.05, 3.63) is 29.8 Å². The molecule has 0 aliphatic rings. The molecule has 0 unspecified atom stereocenters. The molecule has 1 aromatic rings. The Morgan fingerprint density at radius 2 is 0.439 bits per heavy atom. The molecule has 0 amide bonds. The molecular formula is C44H82O21S. The average Bonchev–Trinajstić information content (AvgIpc) is 3.31. The Hall–Kier alpha value is -1.59. The molecule has 0 radical (unpaired) electrons. The van der Waals surface area contributed by atoms with E-state index in [2.05, 4.69) is 0 Å². The second-order valence-corrected chi connectivity index (χ2v) is 15.1. The molecule has 0 heterocycles. The molecule has 0 atom stereocenters. The van der Waals surface area contributed by atoms with E-state index >= 15 is 0 Å². The highest BCUT2D eigenvalue weighted by molar-refractivity contribution is 7.86. The molecule has 1 rings (SSSR count). The lowest BCUT2D eigenvalue weighted by molar-refractivity contribution is -0.0309. The van der Waals surface area contributed by atoms with Gasteiger partial charge < -0.3 is 85.3 Å². The number of methoxy groups -OCH3 is 1. The van der Waals surface area contributed by atoms with Crippen LogP contribution in [-0.4, -0.2) is 253 Å². The zero-order chi connectivity index (χ0) is 47.4. The van der Waals surface area contributed by atoms with Crippen molar-refractivity contribution in [3.8, 4) is 0 Å². The summed E-state index contributed by atoms with van der Waals surface area (Å²) in [5.74, 6) is 0. The number of hydrogen-bond donors (Lipinski definition) is 0. The van der Waals surface area contributed by atoms with Crippen molar-refractivity contribution in [1.29, 1.82) is 0 Å². The van der Waals surface area contributed by atoms with Gasteiger partial charge in [0.1, 0.15) is 0 Å². The molecule has 22 heteroatoms. The molecule has 0 aromatic heterocycles. The summed E-state index contributed by atoms with van der Waals surface area (Å²) in [4.78, 5) is 0.124. The third kappa shape index (κ3) is 46.2. The summed E-state index contributed by atoms with van der Waals surface area (Å²) in [7, 11) is -2.14. The van der Waals surface area contributed by atoms with E-state index < -0.39 is 10.1 Å². The van der Waals surface area contributed by atoms with Gasteiger partial charge in [-0.2, -0.15) is 8.42 Å². The largest absolute Gasteiger partial charge is 0.382 e. The van der Waals surface area contributed by atoms with Gasteiger partial charge in [0.15, 0.2) is 0 Å². The standard InChI is InChI=1S/C44H82O21S/c1-43-3-5-44(6-4-43)66(45,46)65-42-41-64-40-39-63-38-37-62-36-35-61-34-33-60-32-31-59-30-29-58-28-27-57-26-25-56-24-23-55-22-21-54-20-19-53-18-17-52-16-15-51-14-13-50-12-11-49-10-9-48-8-7-47-2/h3-6H,7-42H2,1-2H3. The fraction of sp³-hybridized carbons (Fsp3) is 0.864. The molecule has 0 aliphatic heterocycles. The maximum absolute atomic E-state index is 12.1. The minimum atomic E-state index is -3.78. The predicted octanol–water partition coefficient (Wildman–Crippen LogP) is 1.63. The molecule has 0 saturated heterocycles. The maximum Gasteiger partial charge on any atom is 0.297 e. The Labute approximate surface area is 393 Å². The second kappa shape index (κ2) is 51.3. The van der Waals surface area contributed by atoms with Gasteiger partial charge >= 0.3 is 0 Å². The SMILES string of the molecule is COCCOCCOCCOCCOCCOCCOCCOCCOCCOCCOCCOCCOCCOCCOCCOCCOCCOCCOS(=O)(=O)c1ccc(C)cc1. The van der Waals surface area contributed by atoms with Crippen LogP contribution in [0, 0.1) is 6.92 Å². The van der Waals surface area contributed by atoms with E-state index in [0.29, 0.717) is 225 Å². The molecule has 21 nitrogen and oxygen atoms in total. The number of rotatable bonds is 56. The molecule has 0 aliphatic carbocycles. The maximum atomic E-state index is 12.1. The van der Waals surface area contributed by atoms with Crippen molar-refractivity contribution < 1.29 is 97.9 Å². The van der Waals surface area contributed by atoms with Gasteiger partial charge in [0, 0.05) is 7.11 Å². The van der Waals surface area contributed by atoms with Crippen molar-refractivity contribution in [2.24, 2.45) is 0 Å². The Bertz CT molecular complexity index is 1200. The molecule has 0 saturated carbocycles. The summed E-state index contributed by atoms with van der Waals surface area (Å²) >= 11 is 0. The van der Waals surface area contributed by atoms with Crippen LogP contribution in [0.5, 0.6) is 0 Å². The third-order valence-corrected chi connectivity index (χ3v) is 9.49. The first-order valence-electron chi connectivity index (χ1n) is 22.8. The van der Waals surface area contributed by atoms with Crippen molar-refractivity contribution in [2.45, 2.75) is 11.8 Å². The Morgan fingerprint density at radius 1 is 0.273 bits per heavy atom. The van der Waals surface area contributed by atoms with Crippen LogP contribution < -0.4 is 0 Å². The molecule has 390 valence electrons. The van der Waals surface area contributed by atoms with Crippen LogP contribution in [0.1, 0.15) is 5.56 Å². The van der Waals surface area contributed by atoms with E-state index in [9.17, 15) is 8.42 Å². The smallest absolute Gasteiger partial charge is 0.297 e. The highest BCUT2D eigenvalue weighted by atomic mass is 32.2. The average molecular weight is 979 g/mol. The fourth-order valence-electron chi connectivity index (χ4n) is 4.74. The molecule has 0 bridgehead atoms. The van der Waals surface area contributed by atoms with Crippen LogP contribution in [0.2, 0.25) is 0 Å². The van der Waals surface area contributed by atoms with Gasteiger partial charge in [0.2, 0.25) is 0 Å². The quantitative estimate of drug-likeness (QED) is 0.0671. The number of ether oxygens (including phenoxy) is 18. The molecule has 0 spiro atoms. The first-order chi connectivity index (χ1) is 32.6. The van der Waals surface area contributed by atoms with Crippen molar-refractivity contribution >= 4 is 10.1 Å². The normalized spacial score (nSPS) is 11.9. The van der Waals surface area contributed by atoms with Gasteiger partial charge in [-0.1, -0.05) is 17.7 Å². The first-order valence-corrected chi connectivity index (χ1v) is 24.2. The van der Waals surface area contributed by atoms with Gasteiger partial charge in [-0.05, 0) is 19.1 Å². The minimum absolute atomic E-state index is 0.0658. The predicted molar refractivity (Wildman–Crippen MR) is 240 cm³/mol. The Morgan fingerprint density at radius 3 is 0.621 bits per heavy atom. The highest BCUT2D eigenvalue weighted by Gasteiger charge is 2.14. The topological polar surface area (TPSA) is 210 Å². The van der Waals surface area contributed by atoms with Crippen LogP contribution in [0.3, 0.4) is 0 Å². The van der Waals surface area contributed by atoms with Crippen LogP contribution in [-0.2, 0) is 99.6 Å². The van der Waals surface area contributed by atoms with E-state index in [1.807, 2.05) is 6.92 Å². The fourth-order valence-corrected chi connectivity index (χ4v) is 5.63. The number of aryl methyl sites for hydroxylation is 1. The van der Waals surface area contributed by atoms with Crippen molar-refractivity contribution in [1.82, 2.24) is 0 Å². The van der Waals surface area contributed by atoms with Gasteiger partial charge in [0.05, 0.1) is 243 Å². The van der Waals surface area contributed by atoms with Crippen LogP contribution in [0.25, 0.3) is 0 Å². The summed E-state index contributed by atoms with van der Waals surface area (Å²) in [5.41, 5.74) is 0.971. The summed E-state index contributed by atoms with van der Waals surface area (Å²) < 4.78 is 127. The highest BCUT2D eigenvalue weighted by Crippen LogP contribution is 2.13. The number of hydrogen-bond acceptors (Lipinski definition) is 21. The molecular weight excluding hydrogens is 897 g/mol. The van der Waals surface area contributed by atoms with E-state index in [4.69, 9.17) is 89.4 Å². The van der Waals surface area contributed by atoms with E-state index in [-0.39, 0.29) is 18.1 Å². The van der Waals surface area contributed by atoms with Gasteiger partial charge in [-0.3, -0.25) is 4.18 Å². The summed E-state index contributed by atoms with van der Waals surface area (Å²) in [5, 5.41) is 0. The Kier molecular flexibility index (Phi) is 48.5. The third-order valence-electron chi connectivity index (χ3n) is 8.16.